The highest BCUT2D eigenvalue weighted by Crippen LogP contribution is 2.61. The normalized spacial score (nSPS) is 24.0. The van der Waals surface area contributed by atoms with Gasteiger partial charge in [0, 0.05) is 56.0 Å². The summed E-state index contributed by atoms with van der Waals surface area (Å²) in [5, 5.41) is 35.4. The fraction of sp³-hybridized carbons (Fsp3) is 0.465. The van der Waals surface area contributed by atoms with E-state index in [-0.39, 0.29) is 62.0 Å². The topological polar surface area (TPSA) is 175 Å². The van der Waals surface area contributed by atoms with E-state index >= 15 is 0 Å². The molecule has 0 bridgehead atoms. The lowest BCUT2D eigenvalue weighted by atomic mass is 9.55. The van der Waals surface area contributed by atoms with Crippen LogP contribution >= 0.6 is 0 Å². The summed E-state index contributed by atoms with van der Waals surface area (Å²) in [5.41, 5.74) is 4.02. The van der Waals surface area contributed by atoms with Gasteiger partial charge in [0.2, 0.25) is 5.79 Å². The first-order valence-corrected chi connectivity index (χ1v) is 19.5. The summed E-state index contributed by atoms with van der Waals surface area (Å²) >= 11 is 0. The Hall–Kier alpha value is -5.31. The van der Waals surface area contributed by atoms with E-state index in [0.717, 1.165) is 48.2 Å². The van der Waals surface area contributed by atoms with E-state index < -0.39 is 28.8 Å². The maximum absolute atomic E-state index is 14.1. The number of nitrogens with zero attached hydrogens (tertiary/aromatic N) is 4. The zero-order valence-corrected chi connectivity index (χ0v) is 32.7. The molecule has 3 aromatic rings. The molecule has 1 fully saturated rings. The molecule has 2 heterocycles. The number of aryl methyl sites for hydroxylation is 1. The van der Waals surface area contributed by atoms with Gasteiger partial charge >= 0.3 is 6.09 Å². The lowest BCUT2D eigenvalue weighted by Crippen LogP contribution is -2.69. The number of pyridine rings is 1. The van der Waals surface area contributed by atoms with Crippen LogP contribution in [-0.4, -0.2) is 82.6 Å². The molecule has 6 rings (SSSR count). The zero-order chi connectivity index (χ0) is 40.5. The van der Waals surface area contributed by atoms with E-state index in [1.165, 1.54) is 36.3 Å². The summed E-state index contributed by atoms with van der Waals surface area (Å²) in [6.45, 7) is 6.42. The summed E-state index contributed by atoms with van der Waals surface area (Å²) < 4.78 is 26.1. The van der Waals surface area contributed by atoms with Crippen LogP contribution < -0.4 is 14.2 Å². The number of carbonyl (C=O) groups excluding carboxylic acids is 1. The standard InChI is InChI=1S/C43H52N4O10/c1-5-23-55-43-39(46(3)42(50)56-32-17-15-31(16-18-32)47(51)52)26-37(45-53-4)35-24-29(12-6-8-21-48)34(14-7-9-22-49)40(41(35)43)36-25-33(19-20-38(36)57-43)54-27-30-13-10-11-28(2)44-30/h5,10-11,13,15-20,24-25,29,34,39-41,48-49H,1,6-9,12,14,21-23,26-27H2,2-4H3. The monoisotopic (exact) mass is 784 g/mol. The molecule has 3 aliphatic rings. The molecule has 57 heavy (non-hydrogen) atoms. The van der Waals surface area contributed by atoms with Crippen molar-refractivity contribution < 1.29 is 43.7 Å². The molecule has 1 aliphatic heterocycles. The largest absolute Gasteiger partial charge is 0.487 e. The molecule has 6 atom stereocenters. The highest BCUT2D eigenvalue weighted by atomic mass is 16.7. The SMILES string of the molecule is C=CCOC12Oc3ccc(OCc4cccc(C)n4)cc3C3C(CCCCO)C(CCCCO)C=C(C(=NOC)CC1N(C)C(=O)Oc1ccc([N+](=O)[O-])cc1)C32. The molecule has 14 nitrogen and oxygen atoms in total. The van der Waals surface area contributed by atoms with Gasteiger partial charge < -0.3 is 38.9 Å². The number of nitro groups is 1. The lowest BCUT2D eigenvalue weighted by Gasteiger charge is -2.59. The number of hydrogen-bond acceptors (Lipinski definition) is 12. The van der Waals surface area contributed by atoms with Crippen LogP contribution in [0.3, 0.4) is 0 Å². The number of non-ortho nitro benzene ring substituents is 1. The van der Waals surface area contributed by atoms with Crippen molar-refractivity contribution in [3.8, 4) is 17.2 Å². The number of oxime groups is 1. The van der Waals surface area contributed by atoms with E-state index in [0.29, 0.717) is 30.1 Å². The number of aromatic nitrogens is 1. The summed E-state index contributed by atoms with van der Waals surface area (Å²) in [6.07, 6.45) is 7.85. The number of likely N-dealkylation sites (N-methyl/N-ethyl adjacent to an activating group) is 1. The van der Waals surface area contributed by atoms with Gasteiger partial charge in [0.25, 0.3) is 5.69 Å². The van der Waals surface area contributed by atoms with Crippen molar-refractivity contribution in [2.45, 2.75) is 76.2 Å². The molecule has 1 aromatic heterocycles. The molecular weight excluding hydrogens is 732 g/mol. The molecule has 304 valence electrons. The number of benzene rings is 2. The Bertz CT molecular complexity index is 1950. The van der Waals surface area contributed by atoms with Gasteiger partial charge in [-0.25, -0.2) is 4.79 Å². The number of hydrogen-bond donors (Lipinski definition) is 2. The Labute approximate surface area is 332 Å². The molecule has 0 spiro atoms. The highest BCUT2D eigenvalue weighted by molar-refractivity contribution is 6.03. The van der Waals surface area contributed by atoms with Crippen molar-refractivity contribution >= 4 is 17.5 Å². The number of ether oxygens (including phenoxy) is 4. The first-order chi connectivity index (χ1) is 27.6. The Morgan fingerprint density at radius 1 is 1.09 bits per heavy atom. The van der Waals surface area contributed by atoms with Gasteiger partial charge in [0.05, 0.1) is 28.9 Å². The summed E-state index contributed by atoms with van der Waals surface area (Å²) in [5.74, 6) is -0.745. The Morgan fingerprint density at radius 2 is 1.82 bits per heavy atom. The molecule has 1 saturated carbocycles. The lowest BCUT2D eigenvalue weighted by molar-refractivity contribution is -0.384. The molecule has 0 radical (unpaired) electrons. The molecule has 2 aromatic carbocycles. The van der Waals surface area contributed by atoms with Gasteiger partial charge in [-0.15, -0.1) is 6.58 Å². The zero-order valence-electron chi connectivity index (χ0n) is 32.7. The minimum atomic E-state index is -1.47. The van der Waals surface area contributed by atoms with Gasteiger partial charge in [-0.1, -0.05) is 36.2 Å². The molecule has 1 amide bonds. The number of nitro benzene ring substituents is 1. The minimum absolute atomic E-state index is 0.0342. The molecule has 6 unspecified atom stereocenters. The summed E-state index contributed by atoms with van der Waals surface area (Å²) in [7, 11) is 3.10. The maximum Gasteiger partial charge on any atom is 0.415 e. The van der Waals surface area contributed by atoms with Crippen molar-refractivity contribution in [3.63, 3.8) is 0 Å². The second-order valence-corrected chi connectivity index (χ2v) is 14.7. The molecule has 2 N–H and O–H groups in total. The summed E-state index contributed by atoms with van der Waals surface area (Å²) in [6, 6.07) is 16.1. The van der Waals surface area contributed by atoms with Gasteiger partial charge in [0.1, 0.15) is 37.0 Å². The van der Waals surface area contributed by atoms with E-state index in [9.17, 15) is 25.1 Å². The number of carbonyl (C=O) groups is 1. The fourth-order valence-electron chi connectivity index (χ4n) is 8.70. The van der Waals surface area contributed by atoms with Crippen LogP contribution in [-0.2, 0) is 16.2 Å². The van der Waals surface area contributed by atoms with Crippen LogP contribution in [0.15, 0.2) is 90.1 Å². The third-order valence-electron chi connectivity index (χ3n) is 11.2. The first-order valence-electron chi connectivity index (χ1n) is 19.5. The van der Waals surface area contributed by atoms with Gasteiger partial charge in [-0.2, -0.15) is 0 Å². The Balaban J connectivity index is 1.49. The van der Waals surface area contributed by atoms with Crippen LogP contribution in [0.1, 0.15) is 67.8 Å². The third-order valence-corrected chi connectivity index (χ3v) is 11.2. The van der Waals surface area contributed by atoms with Crippen LogP contribution in [0.2, 0.25) is 0 Å². The van der Waals surface area contributed by atoms with Gasteiger partial charge in [-0.05, 0) is 92.5 Å². The summed E-state index contributed by atoms with van der Waals surface area (Å²) in [4.78, 5) is 36.3. The van der Waals surface area contributed by atoms with Gasteiger partial charge in [-0.3, -0.25) is 15.1 Å². The fourth-order valence-corrected chi connectivity index (χ4v) is 8.70. The molecule has 2 aliphatic carbocycles. The average Bonchev–Trinajstić information content (AvgIpc) is 3.21. The number of rotatable bonds is 18. The average molecular weight is 785 g/mol. The Morgan fingerprint density at radius 3 is 2.51 bits per heavy atom. The molecular formula is C43H52N4O10. The van der Waals surface area contributed by atoms with E-state index in [4.69, 9.17) is 23.8 Å². The minimum Gasteiger partial charge on any atom is -0.487 e. The second-order valence-electron chi connectivity index (χ2n) is 14.7. The predicted octanol–water partition coefficient (Wildman–Crippen LogP) is 7.27. The van der Waals surface area contributed by atoms with Crippen LogP contribution in [0.5, 0.6) is 17.2 Å². The van der Waals surface area contributed by atoms with E-state index in [1.807, 2.05) is 43.3 Å². The predicted molar refractivity (Wildman–Crippen MR) is 212 cm³/mol. The number of aliphatic hydroxyl groups excluding tert-OH is 2. The van der Waals surface area contributed by atoms with Crippen molar-refractivity contribution in [1.82, 2.24) is 9.88 Å². The number of aliphatic hydroxyl groups is 2. The van der Waals surface area contributed by atoms with E-state index in [1.54, 1.807) is 13.1 Å². The van der Waals surface area contributed by atoms with Crippen molar-refractivity contribution in [1.29, 1.82) is 0 Å². The number of allylic oxidation sites excluding steroid dienone is 1. The number of amides is 1. The Kier molecular flexibility index (Phi) is 13.6. The quantitative estimate of drug-likeness (QED) is 0.0574. The highest BCUT2D eigenvalue weighted by Gasteiger charge is 2.65. The maximum atomic E-state index is 14.1. The van der Waals surface area contributed by atoms with Gasteiger partial charge in [0.15, 0.2) is 0 Å². The number of unbranched alkanes of at least 4 members (excludes halogenated alkanes) is 2. The van der Waals surface area contributed by atoms with Crippen molar-refractivity contribution in [2.24, 2.45) is 22.9 Å². The molecule has 0 saturated heterocycles. The van der Waals surface area contributed by atoms with Crippen LogP contribution in [0, 0.1) is 34.8 Å². The molecule has 14 heteroatoms. The third kappa shape index (κ3) is 8.98. The van der Waals surface area contributed by atoms with Crippen LogP contribution in [0.4, 0.5) is 10.5 Å². The smallest absolute Gasteiger partial charge is 0.415 e. The number of fused-ring (bicyclic) bond motifs is 2. The van der Waals surface area contributed by atoms with Crippen molar-refractivity contribution in [2.75, 3.05) is 34.0 Å². The first kappa shape index (κ1) is 41.3. The second kappa shape index (κ2) is 18.8. The van der Waals surface area contributed by atoms with Crippen LogP contribution in [0.25, 0.3) is 0 Å². The van der Waals surface area contributed by atoms with E-state index in [2.05, 4.69) is 22.8 Å². The van der Waals surface area contributed by atoms with Crippen molar-refractivity contribution in [3.05, 3.63) is 112 Å².